The minimum absolute atomic E-state index is 0.175. The van der Waals surface area contributed by atoms with Gasteiger partial charge in [0.05, 0.1) is 17.5 Å². The van der Waals surface area contributed by atoms with Crippen LogP contribution in [0, 0.1) is 0 Å². The lowest BCUT2D eigenvalue weighted by Crippen LogP contribution is -2.18. The Morgan fingerprint density at radius 1 is 0.645 bits per heavy atom. The van der Waals surface area contributed by atoms with Gasteiger partial charge >= 0.3 is 0 Å². The third-order valence-electron chi connectivity index (χ3n) is 4.60. The normalized spacial score (nSPS) is 10.7. The molecule has 0 saturated heterocycles. The Kier molecular flexibility index (Phi) is 6.05. The highest BCUT2D eigenvalue weighted by molar-refractivity contribution is 6.12. The van der Waals surface area contributed by atoms with E-state index in [2.05, 4.69) is 10.6 Å². The molecule has 5 heteroatoms. The molecule has 0 bridgehead atoms. The van der Waals surface area contributed by atoms with Crippen molar-refractivity contribution in [2.24, 2.45) is 0 Å². The maximum atomic E-state index is 12.8. The van der Waals surface area contributed by atoms with Crippen LogP contribution < -0.4 is 10.6 Å². The average molecular weight is 408 g/mol. The van der Waals surface area contributed by atoms with E-state index in [1.54, 1.807) is 36.4 Å². The van der Waals surface area contributed by atoms with Gasteiger partial charge in [0.1, 0.15) is 0 Å². The zero-order valence-corrected chi connectivity index (χ0v) is 16.6. The summed E-state index contributed by atoms with van der Waals surface area (Å²) in [6, 6.07) is 27.6. The van der Waals surface area contributed by atoms with Crippen LogP contribution in [0.4, 0.5) is 11.4 Å². The second kappa shape index (κ2) is 9.41. The van der Waals surface area contributed by atoms with Gasteiger partial charge in [0.2, 0.25) is 0 Å². The minimum Gasteiger partial charge on any atom is -0.459 e. The molecule has 1 aromatic heterocycles. The van der Waals surface area contributed by atoms with Crippen LogP contribution in [0.1, 0.15) is 32.0 Å². The number of rotatable bonds is 6. The first-order valence-electron chi connectivity index (χ1n) is 9.77. The lowest BCUT2D eigenvalue weighted by molar-refractivity contribution is 0.0996. The Balaban J connectivity index is 1.44. The van der Waals surface area contributed by atoms with Crippen molar-refractivity contribution in [1.29, 1.82) is 0 Å². The third kappa shape index (κ3) is 5.16. The first kappa shape index (κ1) is 19.9. The van der Waals surface area contributed by atoms with Crippen LogP contribution in [0.5, 0.6) is 0 Å². The highest BCUT2D eigenvalue weighted by atomic mass is 16.3. The molecule has 31 heavy (non-hydrogen) atoms. The fourth-order valence-corrected chi connectivity index (χ4v) is 3.01. The van der Waals surface area contributed by atoms with Gasteiger partial charge in [-0.3, -0.25) is 9.59 Å². The number of furan rings is 1. The Morgan fingerprint density at radius 3 is 2.03 bits per heavy atom. The maximum Gasteiger partial charge on any atom is 0.291 e. The van der Waals surface area contributed by atoms with Crippen molar-refractivity contribution in [3.63, 3.8) is 0 Å². The van der Waals surface area contributed by atoms with Crippen molar-refractivity contribution < 1.29 is 14.0 Å². The van der Waals surface area contributed by atoms with Crippen LogP contribution in [-0.4, -0.2) is 11.8 Å². The highest BCUT2D eigenvalue weighted by Gasteiger charge is 2.15. The number of benzene rings is 3. The van der Waals surface area contributed by atoms with Crippen molar-refractivity contribution in [3.8, 4) is 0 Å². The molecule has 1 heterocycles. The number of hydrogen-bond donors (Lipinski definition) is 2. The molecule has 152 valence electrons. The number of hydrogen-bond acceptors (Lipinski definition) is 3. The van der Waals surface area contributed by atoms with E-state index in [-0.39, 0.29) is 11.7 Å². The topological polar surface area (TPSA) is 71.3 Å². The third-order valence-corrected chi connectivity index (χ3v) is 4.60. The summed E-state index contributed by atoms with van der Waals surface area (Å²) < 4.78 is 5.10. The first-order valence-corrected chi connectivity index (χ1v) is 9.77. The second-order valence-corrected chi connectivity index (χ2v) is 6.80. The van der Waals surface area contributed by atoms with E-state index in [9.17, 15) is 9.59 Å². The van der Waals surface area contributed by atoms with Crippen LogP contribution in [0.25, 0.3) is 12.2 Å². The largest absolute Gasteiger partial charge is 0.459 e. The summed E-state index contributed by atoms with van der Waals surface area (Å²) in [5.74, 6) is -0.558. The predicted molar refractivity (Wildman–Crippen MR) is 123 cm³/mol. The number of carbonyl (C=O) groups is 2. The molecule has 0 radical (unpaired) electrons. The lowest BCUT2D eigenvalue weighted by Gasteiger charge is -2.11. The van der Waals surface area contributed by atoms with E-state index in [1.165, 1.54) is 6.26 Å². The SMILES string of the molecule is O=C(Nc1ccccc1C(=O)Nc1ccc(/C=C/c2ccccc2)cc1)c1ccco1. The van der Waals surface area contributed by atoms with E-state index >= 15 is 0 Å². The molecule has 0 aliphatic carbocycles. The Bertz CT molecular complexity index is 1200. The molecule has 0 saturated carbocycles. The van der Waals surface area contributed by atoms with Gasteiger partial charge in [-0.2, -0.15) is 0 Å². The van der Waals surface area contributed by atoms with Gasteiger partial charge < -0.3 is 15.1 Å². The molecular formula is C26H20N2O3. The molecule has 0 unspecified atom stereocenters. The zero-order valence-electron chi connectivity index (χ0n) is 16.6. The summed E-state index contributed by atoms with van der Waals surface area (Å²) in [6.07, 6.45) is 5.47. The van der Waals surface area contributed by atoms with Crippen molar-refractivity contribution in [2.75, 3.05) is 10.6 Å². The monoisotopic (exact) mass is 408 g/mol. The van der Waals surface area contributed by atoms with Gasteiger partial charge in [-0.25, -0.2) is 0 Å². The van der Waals surface area contributed by atoms with Crippen molar-refractivity contribution in [1.82, 2.24) is 0 Å². The van der Waals surface area contributed by atoms with Crippen LogP contribution in [0.15, 0.2) is 102 Å². The lowest BCUT2D eigenvalue weighted by atomic mass is 10.1. The molecule has 0 aliphatic rings. The smallest absolute Gasteiger partial charge is 0.291 e. The van der Waals surface area contributed by atoms with Gasteiger partial charge in [-0.05, 0) is 47.5 Å². The van der Waals surface area contributed by atoms with Crippen LogP contribution in [-0.2, 0) is 0 Å². The number of para-hydroxylation sites is 1. The molecule has 4 rings (SSSR count). The van der Waals surface area contributed by atoms with E-state index in [0.717, 1.165) is 11.1 Å². The molecule has 0 fully saturated rings. The molecule has 3 aromatic carbocycles. The summed E-state index contributed by atoms with van der Waals surface area (Å²) in [5, 5.41) is 5.59. The predicted octanol–water partition coefficient (Wildman–Crippen LogP) is 5.95. The summed E-state index contributed by atoms with van der Waals surface area (Å²) in [5.41, 5.74) is 3.56. The molecular weight excluding hydrogens is 388 g/mol. The zero-order chi connectivity index (χ0) is 21.5. The Hall–Kier alpha value is -4.38. The number of anilines is 2. The Labute approximate surface area is 180 Å². The van der Waals surface area contributed by atoms with Gasteiger partial charge in [-0.15, -0.1) is 0 Å². The van der Waals surface area contributed by atoms with E-state index in [1.807, 2.05) is 66.7 Å². The molecule has 2 amide bonds. The fraction of sp³-hybridized carbons (Fsp3) is 0. The standard InChI is InChI=1S/C26H20N2O3/c29-25(22-9-4-5-10-23(22)28-26(30)24-11-6-18-31-24)27-21-16-14-20(15-17-21)13-12-19-7-2-1-3-8-19/h1-18H,(H,27,29)(H,28,30)/b13-12+. The van der Waals surface area contributed by atoms with E-state index in [0.29, 0.717) is 16.9 Å². The van der Waals surface area contributed by atoms with Crippen molar-refractivity contribution >= 4 is 35.3 Å². The van der Waals surface area contributed by atoms with Gasteiger partial charge in [-0.1, -0.05) is 66.7 Å². The summed E-state index contributed by atoms with van der Waals surface area (Å²) in [4.78, 5) is 25.1. The molecule has 2 N–H and O–H groups in total. The molecule has 0 spiro atoms. The average Bonchev–Trinajstić information content (AvgIpc) is 3.35. The molecule has 5 nitrogen and oxygen atoms in total. The van der Waals surface area contributed by atoms with Crippen LogP contribution >= 0.6 is 0 Å². The first-order chi connectivity index (χ1) is 15.2. The fourth-order valence-electron chi connectivity index (χ4n) is 3.01. The second-order valence-electron chi connectivity index (χ2n) is 6.80. The van der Waals surface area contributed by atoms with Crippen molar-refractivity contribution in [2.45, 2.75) is 0 Å². The molecule has 4 aromatic rings. The quantitative estimate of drug-likeness (QED) is 0.387. The minimum atomic E-state index is -0.417. The highest BCUT2D eigenvalue weighted by Crippen LogP contribution is 2.19. The van der Waals surface area contributed by atoms with Crippen LogP contribution in [0.3, 0.4) is 0 Å². The van der Waals surface area contributed by atoms with E-state index in [4.69, 9.17) is 4.42 Å². The van der Waals surface area contributed by atoms with Gasteiger partial charge in [0, 0.05) is 5.69 Å². The van der Waals surface area contributed by atoms with Gasteiger partial charge in [0.15, 0.2) is 5.76 Å². The van der Waals surface area contributed by atoms with Crippen LogP contribution in [0.2, 0.25) is 0 Å². The number of nitrogens with one attached hydrogen (secondary N) is 2. The number of amides is 2. The number of carbonyl (C=O) groups excluding carboxylic acids is 2. The molecule has 0 atom stereocenters. The molecule has 0 aliphatic heterocycles. The van der Waals surface area contributed by atoms with Gasteiger partial charge in [0.25, 0.3) is 11.8 Å². The van der Waals surface area contributed by atoms with E-state index < -0.39 is 5.91 Å². The Morgan fingerprint density at radius 2 is 1.32 bits per heavy atom. The summed E-state index contributed by atoms with van der Waals surface area (Å²) >= 11 is 0. The summed E-state index contributed by atoms with van der Waals surface area (Å²) in [6.45, 7) is 0. The van der Waals surface area contributed by atoms with Crippen molar-refractivity contribution in [3.05, 3.63) is 120 Å². The maximum absolute atomic E-state index is 12.8. The summed E-state index contributed by atoms with van der Waals surface area (Å²) in [7, 11) is 0.